The van der Waals surface area contributed by atoms with Crippen LogP contribution in [0.4, 0.5) is 9.59 Å². The zero-order chi connectivity index (χ0) is 44.2. The third kappa shape index (κ3) is 8.23. The number of H-pyrrole nitrogens is 2. The molecule has 64 heavy (non-hydrogen) atoms. The zero-order valence-corrected chi connectivity index (χ0v) is 36.5. The van der Waals surface area contributed by atoms with E-state index in [1.54, 1.807) is 12.4 Å². The lowest BCUT2D eigenvalue weighted by Gasteiger charge is -2.40. The highest BCUT2D eigenvalue weighted by molar-refractivity contribution is 5.87. The van der Waals surface area contributed by atoms with Crippen LogP contribution in [0.1, 0.15) is 101 Å². The zero-order valence-electron chi connectivity index (χ0n) is 36.5. The highest BCUT2D eigenvalue weighted by atomic mass is 16.5. The fourth-order valence-electron chi connectivity index (χ4n) is 10.9. The van der Waals surface area contributed by atoms with E-state index in [1.165, 1.54) is 19.1 Å². The molecule has 7 heterocycles. The van der Waals surface area contributed by atoms with Gasteiger partial charge in [-0.25, -0.2) is 19.6 Å². The van der Waals surface area contributed by atoms with Gasteiger partial charge in [-0.2, -0.15) is 0 Å². The second-order valence-corrected chi connectivity index (χ2v) is 18.8. The van der Waals surface area contributed by atoms with Crippen molar-refractivity contribution in [2.45, 2.75) is 112 Å². The molecule has 4 saturated heterocycles. The number of hydrogen-bond acceptors (Lipinski definition) is 10. The maximum absolute atomic E-state index is 14.3. The molecule has 6 fully saturated rings. The molecule has 6 aliphatic rings. The van der Waals surface area contributed by atoms with Gasteiger partial charge in [0.15, 0.2) is 0 Å². The number of imidazole rings is 2. The number of aromatic nitrogens is 5. The van der Waals surface area contributed by atoms with Crippen molar-refractivity contribution in [3.8, 4) is 33.8 Å². The summed E-state index contributed by atoms with van der Waals surface area (Å²) < 4.78 is 17.0. The number of carbonyl (C=O) groups is 4. The lowest BCUT2D eigenvalue weighted by Crippen LogP contribution is -2.54. The molecule has 10 rings (SSSR count). The Hall–Kier alpha value is -5.81. The Labute approximate surface area is 371 Å². The monoisotopic (exact) mass is 875 g/mol. The minimum absolute atomic E-state index is 0.0297. The van der Waals surface area contributed by atoms with E-state index in [2.05, 4.69) is 15.3 Å². The molecule has 338 valence electrons. The largest absolute Gasteiger partial charge is 0.465 e. The number of likely N-dealkylation sites (tertiary alicyclic amines) is 2. The van der Waals surface area contributed by atoms with Gasteiger partial charge in [0.1, 0.15) is 23.7 Å². The number of benzene rings is 1. The number of hydrogen-bond donors (Lipinski definition) is 4. The first-order valence-electron chi connectivity index (χ1n) is 22.9. The van der Waals surface area contributed by atoms with Gasteiger partial charge in [0.05, 0.1) is 59.9 Å². The number of rotatable bonds is 11. The van der Waals surface area contributed by atoms with Crippen LogP contribution >= 0.6 is 0 Å². The molecule has 17 nitrogen and oxygen atoms in total. The molecule has 4 unspecified atom stereocenters. The van der Waals surface area contributed by atoms with Crippen LogP contribution in [0, 0.1) is 11.8 Å². The first-order valence-corrected chi connectivity index (χ1v) is 22.9. The van der Waals surface area contributed by atoms with Gasteiger partial charge in [0, 0.05) is 50.7 Å². The minimum atomic E-state index is -1.11. The number of nitrogens with one attached hydrogen (secondary N) is 3. The molecule has 2 saturated carbocycles. The molecule has 1 aromatic carbocycles. The summed E-state index contributed by atoms with van der Waals surface area (Å²) in [6, 6.07) is 10.1. The number of aromatic amines is 2. The Balaban J connectivity index is 0.791. The standard InChI is InChI=1S/C47H57N9O8/c1-54(45(60)61)39(31-14-22-64-47(24-31)17-18-47)43(58)56-20-4-6-37(56)41-50-27-35(52-41)32-11-12-33(48-25-32)28-7-9-29(10-8-28)34-26-49-40(51-34)36-5-3-19-55(36)42(57)38(53-44(59)62-2)30-13-21-63-46(23-30)15-16-46/h7-12,25-27,30-31,36-39H,3-6,13-24H2,1-2H3,(H,49,51)(H,50,52)(H,53,59)(H,60,61)/t30?,31?,36-,37-,38?,39?/m0/s1. The van der Waals surface area contributed by atoms with Crippen LogP contribution in [0.2, 0.25) is 0 Å². The van der Waals surface area contributed by atoms with Crippen molar-refractivity contribution >= 4 is 24.0 Å². The highest BCUT2D eigenvalue weighted by Crippen LogP contribution is 2.50. The summed E-state index contributed by atoms with van der Waals surface area (Å²) >= 11 is 0. The van der Waals surface area contributed by atoms with E-state index in [9.17, 15) is 24.3 Å². The number of carboxylic acid groups (broad SMARTS) is 1. The van der Waals surface area contributed by atoms with Crippen molar-refractivity contribution in [1.29, 1.82) is 0 Å². The molecule has 4 amide bonds. The SMILES string of the molecule is COC(=O)NC(C(=O)N1CCC[C@H]1c1ncc(-c2ccc(-c3ccc(-c4cnc([C@@H]5CCCN5C(=O)C(C5CCOC6(CC6)C5)N(C)C(=O)O)[nH]4)cn3)cc2)[nH]1)C1CCOC2(CC2)C1. The summed E-state index contributed by atoms with van der Waals surface area (Å²) in [5.41, 5.74) is 4.83. The number of likely N-dealkylation sites (N-methyl/N-ethyl adjacent to an activating group) is 1. The summed E-state index contributed by atoms with van der Waals surface area (Å²) in [5.74, 6) is 0.998. The fraction of sp³-hybridized carbons (Fsp3) is 0.553. The van der Waals surface area contributed by atoms with Crippen molar-refractivity contribution in [2.75, 3.05) is 40.5 Å². The average molecular weight is 876 g/mol. The van der Waals surface area contributed by atoms with Crippen LogP contribution in [-0.4, -0.2) is 132 Å². The highest BCUT2D eigenvalue weighted by Gasteiger charge is 2.53. The van der Waals surface area contributed by atoms with Crippen molar-refractivity contribution in [1.82, 2.24) is 44.9 Å². The van der Waals surface area contributed by atoms with Crippen LogP contribution in [0.5, 0.6) is 0 Å². The minimum Gasteiger partial charge on any atom is -0.465 e. The Morgan fingerprint density at radius 2 is 1.30 bits per heavy atom. The van der Waals surface area contributed by atoms with Crippen LogP contribution in [0.25, 0.3) is 33.8 Å². The predicted molar refractivity (Wildman–Crippen MR) is 232 cm³/mol. The molecular weight excluding hydrogens is 819 g/mol. The quantitative estimate of drug-likeness (QED) is 0.128. The Bertz CT molecular complexity index is 2370. The number of amides is 4. The molecule has 4 N–H and O–H groups in total. The maximum atomic E-state index is 14.3. The number of carbonyl (C=O) groups excluding carboxylic acids is 3. The molecule has 2 spiro atoms. The first kappa shape index (κ1) is 42.2. The van der Waals surface area contributed by atoms with Gasteiger partial charge < -0.3 is 44.4 Å². The molecule has 4 aliphatic heterocycles. The molecule has 0 bridgehead atoms. The lowest BCUT2D eigenvalue weighted by atomic mass is 9.85. The van der Waals surface area contributed by atoms with Gasteiger partial charge in [0.2, 0.25) is 11.8 Å². The second-order valence-electron chi connectivity index (χ2n) is 18.8. The van der Waals surface area contributed by atoms with Gasteiger partial charge in [-0.15, -0.1) is 0 Å². The van der Waals surface area contributed by atoms with Gasteiger partial charge >= 0.3 is 12.2 Å². The van der Waals surface area contributed by atoms with Crippen LogP contribution in [0.3, 0.4) is 0 Å². The molecule has 6 atom stereocenters. The Morgan fingerprint density at radius 1 is 0.750 bits per heavy atom. The molecule has 17 heteroatoms. The van der Waals surface area contributed by atoms with E-state index in [-0.39, 0.29) is 46.9 Å². The molecule has 3 aromatic heterocycles. The summed E-state index contributed by atoms with van der Waals surface area (Å²) in [6.07, 6.45) is 13.5. The average Bonchev–Trinajstić information content (AvgIpc) is 3.81. The van der Waals surface area contributed by atoms with Gasteiger partial charge in [-0.1, -0.05) is 24.3 Å². The molecule has 0 radical (unpaired) electrons. The van der Waals surface area contributed by atoms with E-state index in [4.69, 9.17) is 29.2 Å². The Morgan fingerprint density at radius 3 is 1.86 bits per heavy atom. The number of methoxy groups -OCH3 is 1. The van der Waals surface area contributed by atoms with E-state index >= 15 is 0 Å². The summed E-state index contributed by atoms with van der Waals surface area (Å²) in [6.45, 7) is 2.25. The van der Waals surface area contributed by atoms with Gasteiger partial charge in [-0.3, -0.25) is 19.5 Å². The van der Waals surface area contributed by atoms with E-state index in [0.717, 1.165) is 97.4 Å². The molecule has 2 aliphatic carbocycles. The fourth-order valence-corrected chi connectivity index (χ4v) is 10.9. The van der Waals surface area contributed by atoms with Crippen molar-refractivity contribution in [2.24, 2.45) is 11.8 Å². The summed E-state index contributed by atoms with van der Waals surface area (Å²) in [5, 5.41) is 12.9. The summed E-state index contributed by atoms with van der Waals surface area (Å²) in [7, 11) is 2.83. The maximum Gasteiger partial charge on any atom is 0.407 e. The molecule has 4 aromatic rings. The lowest BCUT2D eigenvalue weighted by molar-refractivity contribution is -0.142. The smallest absolute Gasteiger partial charge is 0.407 e. The van der Waals surface area contributed by atoms with Gasteiger partial charge in [-0.05, 0) is 107 Å². The van der Waals surface area contributed by atoms with E-state index in [0.29, 0.717) is 51.4 Å². The number of ether oxygens (including phenoxy) is 3. The number of pyridine rings is 1. The van der Waals surface area contributed by atoms with Crippen molar-refractivity contribution in [3.05, 3.63) is 66.6 Å². The molecular formula is C47H57N9O8. The third-order valence-electron chi connectivity index (χ3n) is 14.8. The van der Waals surface area contributed by atoms with Gasteiger partial charge in [0.25, 0.3) is 0 Å². The Kier molecular flexibility index (Phi) is 11.2. The van der Waals surface area contributed by atoms with E-state index < -0.39 is 24.3 Å². The second kappa shape index (κ2) is 17.0. The third-order valence-corrected chi connectivity index (χ3v) is 14.8. The van der Waals surface area contributed by atoms with Crippen LogP contribution in [-0.2, 0) is 23.8 Å². The normalized spacial score (nSPS) is 25.2. The van der Waals surface area contributed by atoms with Crippen molar-refractivity contribution < 1.29 is 38.5 Å². The number of alkyl carbamates (subject to hydrolysis) is 1. The first-order chi connectivity index (χ1) is 31.0. The summed E-state index contributed by atoms with van der Waals surface area (Å²) in [4.78, 5) is 79.2. The van der Waals surface area contributed by atoms with Crippen molar-refractivity contribution in [3.63, 3.8) is 0 Å². The predicted octanol–water partition coefficient (Wildman–Crippen LogP) is 6.48. The number of nitrogens with zero attached hydrogens (tertiary/aromatic N) is 6. The topological polar surface area (TPSA) is 208 Å². The van der Waals surface area contributed by atoms with Crippen LogP contribution in [0.15, 0.2) is 55.0 Å². The van der Waals surface area contributed by atoms with Crippen LogP contribution < -0.4 is 5.32 Å². The van der Waals surface area contributed by atoms with E-state index in [1.807, 2.05) is 52.4 Å².